The Kier molecular flexibility index (Phi) is 16.5. The van der Waals surface area contributed by atoms with E-state index in [1.807, 2.05) is 0 Å². The van der Waals surface area contributed by atoms with Crippen molar-refractivity contribution in [3.05, 3.63) is 0 Å². The molecule has 0 radical (unpaired) electrons. The van der Waals surface area contributed by atoms with E-state index in [0.717, 1.165) is 12.8 Å². The molecule has 3 N–H and O–H groups in total. The molecular weight excluding hydrogens is 336 g/mol. The van der Waals surface area contributed by atoms with Gasteiger partial charge in [-0.05, 0) is 32.1 Å². The second-order valence-corrected chi connectivity index (χ2v) is 6.98. The summed E-state index contributed by atoms with van der Waals surface area (Å²) < 4.78 is 5.34. The van der Waals surface area contributed by atoms with Gasteiger partial charge < -0.3 is 20.1 Å². The average Bonchev–Trinajstić information content (AvgIpc) is 2.66. The maximum Gasteiger partial charge on any atom is 0.308 e. The van der Waals surface area contributed by atoms with E-state index in [2.05, 4.69) is 6.92 Å². The zero-order valence-corrected chi connectivity index (χ0v) is 16.3. The standard InChI is InChI=1S/C18H32O4.C2H6O2/c1-2-3-4-5-6-7-8-9-14-22-18(21)16-12-10-15(11-13-16)17(19)20;3-1-2-4/h15-16H,2-14H2,1H3,(H,19,20);3-4H,1-2H2. The Morgan fingerprint density at radius 2 is 1.27 bits per heavy atom. The number of esters is 1. The predicted molar refractivity (Wildman–Crippen MR) is 101 cm³/mol. The summed E-state index contributed by atoms with van der Waals surface area (Å²) in [5.74, 6) is -1.20. The highest BCUT2D eigenvalue weighted by atomic mass is 16.5. The summed E-state index contributed by atoms with van der Waals surface area (Å²) in [7, 11) is 0. The number of aliphatic hydroxyl groups is 2. The van der Waals surface area contributed by atoms with Crippen LogP contribution in [0.1, 0.15) is 84.0 Å². The van der Waals surface area contributed by atoms with Crippen LogP contribution in [0.3, 0.4) is 0 Å². The van der Waals surface area contributed by atoms with Crippen LogP contribution in [0, 0.1) is 11.8 Å². The smallest absolute Gasteiger partial charge is 0.308 e. The third-order valence-corrected chi connectivity index (χ3v) is 4.75. The fourth-order valence-electron chi connectivity index (χ4n) is 3.10. The van der Waals surface area contributed by atoms with Gasteiger partial charge in [-0.2, -0.15) is 0 Å². The minimum atomic E-state index is -0.731. The van der Waals surface area contributed by atoms with Crippen molar-refractivity contribution >= 4 is 11.9 Å². The average molecular weight is 375 g/mol. The molecule has 0 aromatic heterocycles. The van der Waals surface area contributed by atoms with Gasteiger partial charge in [0, 0.05) is 0 Å². The Hall–Kier alpha value is -1.14. The Labute approximate surface area is 157 Å². The molecule has 1 saturated carbocycles. The number of hydrogen-bond acceptors (Lipinski definition) is 5. The monoisotopic (exact) mass is 374 g/mol. The van der Waals surface area contributed by atoms with Crippen molar-refractivity contribution in [1.82, 2.24) is 0 Å². The molecule has 1 fully saturated rings. The van der Waals surface area contributed by atoms with E-state index in [-0.39, 0.29) is 31.0 Å². The summed E-state index contributed by atoms with van der Waals surface area (Å²) >= 11 is 0. The summed E-state index contributed by atoms with van der Waals surface area (Å²) in [5, 5.41) is 24.2. The first-order valence-electron chi connectivity index (χ1n) is 10.2. The molecule has 0 bridgehead atoms. The first kappa shape index (κ1) is 24.9. The van der Waals surface area contributed by atoms with Crippen LogP contribution in [0.15, 0.2) is 0 Å². The van der Waals surface area contributed by atoms with E-state index in [4.69, 9.17) is 20.1 Å². The van der Waals surface area contributed by atoms with E-state index in [1.54, 1.807) is 0 Å². The first-order chi connectivity index (χ1) is 12.6. The van der Waals surface area contributed by atoms with Crippen molar-refractivity contribution in [3.63, 3.8) is 0 Å². The Bertz CT molecular complexity index is 348. The van der Waals surface area contributed by atoms with Crippen LogP contribution in [0.2, 0.25) is 0 Å². The zero-order valence-electron chi connectivity index (χ0n) is 16.3. The summed E-state index contributed by atoms with van der Waals surface area (Å²) in [6, 6.07) is 0. The van der Waals surface area contributed by atoms with Gasteiger partial charge >= 0.3 is 11.9 Å². The lowest BCUT2D eigenvalue weighted by Gasteiger charge is -2.24. The van der Waals surface area contributed by atoms with E-state index in [0.29, 0.717) is 32.3 Å². The van der Waals surface area contributed by atoms with Crippen LogP contribution in [-0.2, 0) is 14.3 Å². The largest absolute Gasteiger partial charge is 0.481 e. The number of carboxylic acid groups (broad SMARTS) is 1. The van der Waals surface area contributed by atoms with E-state index >= 15 is 0 Å². The Morgan fingerprint density at radius 3 is 1.73 bits per heavy atom. The molecule has 1 aliphatic carbocycles. The van der Waals surface area contributed by atoms with Gasteiger partial charge in [-0.25, -0.2) is 0 Å². The van der Waals surface area contributed by atoms with Crippen molar-refractivity contribution in [2.45, 2.75) is 84.0 Å². The number of hydrogen-bond donors (Lipinski definition) is 3. The summed E-state index contributed by atoms with van der Waals surface area (Å²) in [6.45, 7) is 2.50. The fourth-order valence-corrected chi connectivity index (χ4v) is 3.10. The number of carbonyl (C=O) groups is 2. The highest BCUT2D eigenvalue weighted by molar-refractivity contribution is 5.74. The lowest BCUT2D eigenvalue weighted by Crippen LogP contribution is -2.27. The second kappa shape index (κ2) is 17.3. The minimum absolute atomic E-state index is 0.0790. The van der Waals surface area contributed by atoms with Gasteiger partial charge in [-0.15, -0.1) is 0 Å². The molecule has 0 saturated heterocycles. The summed E-state index contributed by atoms with van der Waals surface area (Å²) in [4.78, 5) is 22.8. The number of unbranched alkanes of at least 4 members (excludes halogenated alkanes) is 7. The van der Waals surface area contributed by atoms with Crippen LogP contribution in [0.4, 0.5) is 0 Å². The number of aliphatic hydroxyl groups excluding tert-OH is 2. The van der Waals surface area contributed by atoms with E-state index in [9.17, 15) is 9.59 Å². The number of ether oxygens (including phenoxy) is 1. The molecule has 6 nitrogen and oxygen atoms in total. The van der Waals surface area contributed by atoms with Crippen molar-refractivity contribution in [2.24, 2.45) is 11.8 Å². The quantitative estimate of drug-likeness (QED) is 0.356. The van der Waals surface area contributed by atoms with Crippen molar-refractivity contribution in [1.29, 1.82) is 0 Å². The van der Waals surface area contributed by atoms with Crippen molar-refractivity contribution in [3.8, 4) is 0 Å². The number of carboxylic acids is 1. The van der Waals surface area contributed by atoms with Gasteiger partial charge in [0.1, 0.15) is 0 Å². The van der Waals surface area contributed by atoms with Gasteiger partial charge in [-0.3, -0.25) is 9.59 Å². The van der Waals surface area contributed by atoms with Crippen LogP contribution < -0.4 is 0 Å². The predicted octanol–water partition coefficient (Wildman–Crippen LogP) is 3.53. The lowest BCUT2D eigenvalue weighted by molar-refractivity contribution is -0.152. The molecule has 154 valence electrons. The maximum absolute atomic E-state index is 11.9. The zero-order chi connectivity index (χ0) is 19.6. The number of aliphatic carboxylic acids is 1. The lowest BCUT2D eigenvalue weighted by atomic mass is 9.82. The highest BCUT2D eigenvalue weighted by Gasteiger charge is 2.30. The highest BCUT2D eigenvalue weighted by Crippen LogP contribution is 2.29. The minimum Gasteiger partial charge on any atom is -0.481 e. The van der Waals surface area contributed by atoms with Gasteiger partial charge in [-0.1, -0.05) is 51.9 Å². The molecule has 0 aromatic carbocycles. The molecule has 6 heteroatoms. The van der Waals surface area contributed by atoms with Gasteiger partial charge in [0.2, 0.25) is 0 Å². The Balaban J connectivity index is 0.00000141. The second-order valence-electron chi connectivity index (χ2n) is 6.98. The summed E-state index contributed by atoms with van der Waals surface area (Å²) in [6.07, 6.45) is 12.4. The van der Waals surface area contributed by atoms with Crippen molar-refractivity contribution < 1.29 is 29.6 Å². The normalized spacial score (nSPS) is 19.3. The van der Waals surface area contributed by atoms with E-state index < -0.39 is 5.97 Å². The third-order valence-electron chi connectivity index (χ3n) is 4.75. The molecular formula is C20H38O6. The molecule has 0 heterocycles. The molecule has 0 aromatic rings. The molecule has 26 heavy (non-hydrogen) atoms. The summed E-state index contributed by atoms with van der Waals surface area (Å²) in [5.41, 5.74) is 0. The van der Waals surface area contributed by atoms with Crippen molar-refractivity contribution in [2.75, 3.05) is 19.8 Å². The fraction of sp³-hybridized carbons (Fsp3) is 0.900. The van der Waals surface area contributed by atoms with E-state index in [1.165, 1.54) is 38.5 Å². The maximum atomic E-state index is 11.9. The SMILES string of the molecule is CCCCCCCCCCOC(=O)C1CCC(C(=O)O)CC1.OCCO. The van der Waals surface area contributed by atoms with Crippen LogP contribution in [0.5, 0.6) is 0 Å². The molecule has 1 aliphatic rings. The van der Waals surface area contributed by atoms with Crippen LogP contribution in [0.25, 0.3) is 0 Å². The molecule has 0 unspecified atom stereocenters. The molecule has 0 spiro atoms. The van der Waals surface area contributed by atoms with Gasteiger partial charge in [0.15, 0.2) is 0 Å². The molecule has 0 aliphatic heterocycles. The topological polar surface area (TPSA) is 104 Å². The molecule has 0 atom stereocenters. The van der Waals surface area contributed by atoms with Gasteiger partial charge in [0.05, 0.1) is 31.7 Å². The van der Waals surface area contributed by atoms with Crippen LogP contribution in [-0.4, -0.2) is 47.1 Å². The molecule has 1 rings (SSSR count). The molecule has 0 amide bonds. The number of rotatable bonds is 12. The Morgan fingerprint density at radius 1 is 0.808 bits per heavy atom. The third kappa shape index (κ3) is 13.1. The first-order valence-corrected chi connectivity index (χ1v) is 10.2. The number of carbonyl (C=O) groups excluding carboxylic acids is 1. The van der Waals surface area contributed by atoms with Gasteiger partial charge in [0.25, 0.3) is 0 Å². The van der Waals surface area contributed by atoms with Crippen LogP contribution >= 0.6 is 0 Å².